The second-order valence-corrected chi connectivity index (χ2v) is 8.82. The van der Waals surface area contributed by atoms with Crippen molar-refractivity contribution in [3.8, 4) is 11.5 Å². The molecule has 1 N–H and O–H groups in total. The largest absolute Gasteiger partial charge is 0.455 e. The van der Waals surface area contributed by atoms with E-state index in [9.17, 15) is 26.4 Å². The Morgan fingerprint density at radius 1 is 0.909 bits per heavy atom. The van der Waals surface area contributed by atoms with E-state index in [4.69, 9.17) is 4.74 Å². The number of hydrogen-bond donors (Lipinski definition) is 1. The molecule has 0 radical (unpaired) electrons. The van der Waals surface area contributed by atoms with Gasteiger partial charge in [0, 0.05) is 13.1 Å². The van der Waals surface area contributed by atoms with Gasteiger partial charge in [0.2, 0.25) is 10.0 Å². The number of amides is 1. The van der Waals surface area contributed by atoms with Crippen LogP contribution in [0.3, 0.4) is 0 Å². The number of rotatable bonds is 8. The van der Waals surface area contributed by atoms with Crippen LogP contribution in [-0.2, 0) is 10.0 Å². The first kappa shape index (κ1) is 24.3. The van der Waals surface area contributed by atoms with Crippen LogP contribution >= 0.6 is 0 Å². The first-order valence-corrected chi connectivity index (χ1v) is 11.4. The highest BCUT2D eigenvalue weighted by Crippen LogP contribution is 2.33. The smallest absolute Gasteiger partial charge is 0.258 e. The second-order valence-electron chi connectivity index (χ2n) is 6.88. The number of hydrogen-bond acceptors (Lipinski definition) is 4. The van der Waals surface area contributed by atoms with Crippen LogP contribution < -0.4 is 10.1 Å². The van der Waals surface area contributed by atoms with Crippen molar-refractivity contribution in [3.63, 3.8) is 0 Å². The van der Waals surface area contributed by atoms with Crippen molar-refractivity contribution in [2.75, 3.05) is 18.4 Å². The predicted octanol–water partition coefficient (Wildman–Crippen LogP) is 5.18. The van der Waals surface area contributed by atoms with Gasteiger partial charge in [0.15, 0.2) is 5.75 Å². The van der Waals surface area contributed by atoms with Crippen molar-refractivity contribution >= 4 is 21.6 Å². The zero-order chi connectivity index (χ0) is 24.2. The van der Waals surface area contributed by atoms with Crippen molar-refractivity contribution in [2.45, 2.75) is 18.7 Å². The van der Waals surface area contributed by atoms with E-state index in [2.05, 4.69) is 5.32 Å². The van der Waals surface area contributed by atoms with Crippen LogP contribution in [0.2, 0.25) is 0 Å². The molecule has 1 amide bonds. The third-order valence-electron chi connectivity index (χ3n) is 4.76. The SMILES string of the molecule is CCN(CC)S(=O)(=O)c1ccc(Oc2ccc(F)cc2)c(NC(=O)c2cc(F)ccc2F)c1. The van der Waals surface area contributed by atoms with E-state index in [1.807, 2.05) is 0 Å². The number of nitrogens with zero attached hydrogens (tertiary/aromatic N) is 1. The molecule has 10 heteroatoms. The Balaban J connectivity index is 2.05. The third kappa shape index (κ3) is 5.52. The molecule has 0 saturated carbocycles. The predicted molar refractivity (Wildman–Crippen MR) is 117 cm³/mol. The average molecular weight is 478 g/mol. The first-order chi connectivity index (χ1) is 15.6. The summed E-state index contributed by atoms with van der Waals surface area (Å²) in [7, 11) is -3.89. The number of sulfonamides is 1. The number of halogens is 3. The molecule has 0 unspecified atom stereocenters. The molecule has 3 aromatic carbocycles. The molecule has 0 heterocycles. The molecule has 0 saturated heterocycles. The lowest BCUT2D eigenvalue weighted by Gasteiger charge is -2.20. The summed E-state index contributed by atoms with van der Waals surface area (Å²) in [6, 6.07) is 11.2. The van der Waals surface area contributed by atoms with E-state index in [1.165, 1.54) is 34.6 Å². The summed E-state index contributed by atoms with van der Waals surface area (Å²) in [6.45, 7) is 3.82. The molecular weight excluding hydrogens is 457 g/mol. The van der Waals surface area contributed by atoms with Crippen molar-refractivity contribution in [2.24, 2.45) is 0 Å². The summed E-state index contributed by atoms with van der Waals surface area (Å²) in [5.41, 5.74) is -0.666. The van der Waals surface area contributed by atoms with Gasteiger partial charge >= 0.3 is 0 Å². The first-order valence-electron chi connectivity index (χ1n) is 9.99. The van der Waals surface area contributed by atoms with E-state index in [-0.39, 0.29) is 35.2 Å². The van der Waals surface area contributed by atoms with Crippen LogP contribution in [0.5, 0.6) is 11.5 Å². The van der Waals surface area contributed by atoms with Crippen LogP contribution in [0, 0.1) is 17.5 Å². The molecular formula is C23H21F3N2O4S. The molecule has 0 atom stereocenters. The third-order valence-corrected chi connectivity index (χ3v) is 6.80. The summed E-state index contributed by atoms with van der Waals surface area (Å²) in [6.07, 6.45) is 0. The second kappa shape index (κ2) is 10.1. The molecule has 0 aliphatic heterocycles. The van der Waals surface area contributed by atoms with Crippen LogP contribution in [0.25, 0.3) is 0 Å². The van der Waals surface area contributed by atoms with Crippen molar-refractivity contribution < 1.29 is 31.1 Å². The summed E-state index contributed by atoms with van der Waals surface area (Å²) >= 11 is 0. The van der Waals surface area contributed by atoms with Crippen LogP contribution in [0.1, 0.15) is 24.2 Å². The topological polar surface area (TPSA) is 75.7 Å². The van der Waals surface area contributed by atoms with Crippen molar-refractivity contribution in [1.29, 1.82) is 0 Å². The van der Waals surface area contributed by atoms with Crippen LogP contribution in [-0.4, -0.2) is 31.7 Å². The Hall–Kier alpha value is -3.37. The van der Waals surface area contributed by atoms with Gasteiger partial charge in [0.25, 0.3) is 5.91 Å². The minimum absolute atomic E-state index is 0.0188. The number of anilines is 1. The molecule has 33 heavy (non-hydrogen) atoms. The normalized spacial score (nSPS) is 11.5. The lowest BCUT2D eigenvalue weighted by atomic mass is 10.2. The summed E-state index contributed by atoms with van der Waals surface area (Å²) < 4.78 is 73.6. The quantitative estimate of drug-likeness (QED) is 0.484. The van der Waals surface area contributed by atoms with Gasteiger partial charge in [-0.05, 0) is 60.7 Å². The lowest BCUT2D eigenvalue weighted by molar-refractivity contribution is 0.102. The monoisotopic (exact) mass is 478 g/mol. The molecule has 0 spiro atoms. The summed E-state index contributed by atoms with van der Waals surface area (Å²) in [4.78, 5) is 12.5. The molecule has 3 rings (SSSR count). The van der Waals surface area contributed by atoms with E-state index in [0.29, 0.717) is 0 Å². The Labute approximate surface area is 189 Å². The number of carbonyl (C=O) groups excluding carboxylic acids is 1. The zero-order valence-electron chi connectivity index (χ0n) is 17.8. The van der Waals surface area contributed by atoms with E-state index in [0.717, 1.165) is 30.3 Å². The number of benzene rings is 3. The van der Waals surface area contributed by atoms with Crippen LogP contribution in [0.15, 0.2) is 65.6 Å². The van der Waals surface area contributed by atoms with Gasteiger partial charge in [0.1, 0.15) is 23.2 Å². The van der Waals surface area contributed by atoms with Gasteiger partial charge in [-0.3, -0.25) is 4.79 Å². The number of nitrogens with one attached hydrogen (secondary N) is 1. The Kier molecular flexibility index (Phi) is 7.39. The maximum atomic E-state index is 14.1. The van der Waals surface area contributed by atoms with Crippen molar-refractivity contribution in [3.05, 3.63) is 83.7 Å². The van der Waals surface area contributed by atoms with Gasteiger partial charge in [-0.25, -0.2) is 21.6 Å². The molecule has 0 fully saturated rings. The standard InChI is InChI=1S/C23H21F3N2O4S/c1-3-28(4-2)33(30,31)18-10-12-22(32-17-8-5-15(24)6-9-17)21(14-18)27-23(29)19-13-16(25)7-11-20(19)26/h5-14H,3-4H2,1-2H3,(H,27,29). The number of ether oxygens (including phenoxy) is 1. The van der Waals surface area contributed by atoms with Gasteiger partial charge in [-0.2, -0.15) is 4.31 Å². The lowest BCUT2D eigenvalue weighted by Crippen LogP contribution is -2.30. The molecule has 3 aromatic rings. The molecule has 0 aromatic heterocycles. The van der Waals surface area contributed by atoms with Gasteiger partial charge in [0.05, 0.1) is 16.1 Å². The summed E-state index contributed by atoms with van der Waals surface area (Å²) in [5, 5.41) is 2.39. The zero-order valence-corrected chi connectivity index (χ0v) is 18.6. The van der Waals surface area contributed by atoms with E-state index >= 15 is 0 Å². The maximum Gasteiger partial charge on any atom is 0.258 e. The average Bonchev–Trinajstić information content (AvgIpc) is 2.78. The Morgan fingerprint density at radius 2 is 1.55 bits per heavy atom. The fraction of sp³-hybridized carbons (Fsp3) is 0.174. The molecule has 6 nitrogen and oxygen atoms in total. The Morgan fingerprint density at radius 3 is 2.18 bits per heavy atom. The number of carbonyl (C=O) groups is 1. The minimum atomic E-state index is -3.89. The van der Waals surface area contributed by atoms with E-state index < -0.39 is 38.9 Å². The fourth-order valence-electron chi connectivity index (χ4n) is 3.06. The maximum absolute atomic E-state index is 14.1. The fourth-order valence-corrected chi connectivity index (χ4v) is 4.54. The molecule has 0 aliphatic rings. The highest BCUT2D eigenvalue weighted by atomic mass is 32.2. The molecule has 0 aliphatic carbocycles. The van der Waals surface area contributed by atoms with Gasteiger partial charge < -0.3 is 10.1 Å². The van der Waals surface area contributed by atoms with Gasteiger partial charge in [-0.1, -0.05) is 13.8 Å². The minimum Gasteiger partial charge on any atom is -0.455 e. The van der Waals surface area contributed by atoms with Crippen molar-refractivity contribution in [1.82, 2.24) is 4.31 Å². The summed E-state index contributed by atoms with van der Waals surface area (Å²) in [5.74, 6) is -3.04. The molecule has 0 bridgehead atoms. The van der Waals surface area contributed by atoms with E-state index in [1.54, 1.807) is 13.8 Å². The van der Waals surface area contributed by atoms with Crippen LogP contribution in [0.4, 0.5) is 18.9 Å². The Bertz CT molecular complexity index is 1260. The molecule has 174 valence electrons. The highest BCUT2D eigenvalue weighted by molar-refractivity contribution is 7.89. The van der Waals surface area contributed by atoms with Gasteiger partial charge in [-0.15, -0.1) is 0 Å². The highest BCUT2D eigenvalue weighted by Gasteiger charge is 2.24.